The summed E-state index contributed by atoms with van der Waals surface area (Å²) in [7, 11) is -3.35. The van der Waals surface area contributed by atoms with Crippen LogP contribution >= 0.6 is 0 Å². The van der Waals surface area contributed by atoms with Gasteiger partial charge >= 0.3 is 0 Å². The van der Waals surface area contributed by atoms with Gasteiger partial charge < -0.3 is 5.73 Å². The topological polar surface area (TPSA) is 72.2 Å². The lowest BCUT2D eigenvalue weighted by Gasteiger charge is -2.07. The summed E-state index contributed by atoms with van der Waals surface area (Å²) >= 11 is 0. The standard InChI is InChI=1S/C11H14N2O2S/c1-2-3-8-13-16(14,15)9-10-6-4-5-7-11(10)12/h1,4-7,13H,3,8-9,12H2. The van der Waals surface area contributed by atoms with Crippen LogP contribution in [-0.4, -0.2) is 15.0 Å². The fourth-order valence-corrected chi connectivity index (χ4v) is 2.39. The van der Waals surface area contributed by atoms with Gasteiger partial charge in [0.15, 0.2) is 0 Å². The third-order valence-corrected chi connectivity index (χ3v) is 3.33. The maximum atomic E-state index is 11.6. The lowest BCUT2D eigenvalue weighted by atomic mass is 10.2. The molecule has 0 aromatic heterocycles. The van der Waals surface area contributed by atoms with E-state index in [1.54, 1.807) is 24.3 Å². The van der Waals surface area contributed by atoms with Crippen LogP contribution in [0.1, 0.15) is 12.0 Å². The van der Waals surface area contributed by atoms with Crippen LogP contribution in [0.4, 0.5) is 5.69 Å². The highest BCUT2D eigenvalue weighted by molar-refractivity contribution is 7.88. The predicted molar refractivity (Wildman–Crippen MR) is 64.9 cm³/mol. The van der Waals surface area contributed by atoms with Gasteiger partial charge in [-0.3, -0.25) is 0 Å². The van der Waals surface area contributed by atoms with Crippen molar-refractivity contribution in [1.29, 1.82) is 0 Å². The Labute approximate surface area is 95.9 Å². The van der Waals surface area contributed by atoms with E-state index in [0.717, 1.165) is 0 Å². The fourth-order valence-electron chi connectivity index (χ4n) is 1.20. The summed E-state index contributed by atoms with van der Waals surface area (Å²) in [5, 5.41) is 0. The molecule has 0 aliphatic rings. The molecule has 0 saturated carbocycles. The Morgan fingerprint density at radius 1 is 1.38 bits per heavy atom. The average molecular weight is 238 g/mol. The molecule has 1 aromatic rings. The van der Waals surface area contributed by atoms with Crippen molar-refractivity contribution in [2.75, 3.05) is 12.3 Å². The molecule has 86 valence electrons. The molecule has 0 spiro atoms. The minimum absolute atomic E-state index is 0.121. The number of nitrogen functional groups attached to an aromatic ring is 1. The van der Waals surface area contributed by atoms with Crippen LogP contribution in [0.25, 0.3) is 0 Å². The summed E-state index contributed by atoms with van der Waals surface area (Å²) in [5.41, 5.74) is 6.73. The molecule has 1 rings (SSSR count). The van der Waals surface area contributed by atoms with E-state index >= 15 is 0 Å². The molecule has 3 N–H and O–H groups in total. The molecule has 0 saturated heterocycles. The third-order valence-electron chi connectivity index (χ3n) is 1.99. The van der Waals surface area contributed by atoms with Crippen molar-refractivity contribution in [3.63, 3.8) is 0 Å². The molecular weight excluding hydrogens is 224 g/mol. The zero-order chi connectivity index (χ0) is 12.0. The van der Waals surface area contributed by atoms with Crippen molar-refractivity contribution in [3.05, 3.63) is 29.8 Å². The van der Waals surface area contributed by atoms with Crippen LogP contribution in [0.3, 0.4) is 0 Å². The van der Waals surface area contributed by atoms with Crippen LogP contribution in [0.15, 0.2) is 24.3 Å². The number of sulfonamides is 1. The van der Waals surface area contributed by atoms with Gasteiger partial charge in [0.2, 0.25) is 10.0 Å². The molecule has 0 unspecified atom stereocenters. The van der Waals surface area contributed by atoms with Gasteiger partial charge in [-0.15, -0.1) is 12.3 Å². The van der Waals surface area contributed by atoms with Crippen molar-refractivity contribution in [2.24, 2.45) is 0 Å². The van der Waals surface area contributed by atoms with E-state index in [-0.39, 0.29) is 12.3 Å². The van der Waals surface area contributed by atoms with Crippen LogP contribution in [0.2, 0.25) is 0 Å². The van der Waals surface area contributed by atoms with Crippen molar-refractivity contribution in [1.82, 2.24) is 4.72 Å². The number of nitrogens with one attached hydrogen (secondary N) is 1. The Bertz CT molecular complexity index is 489. The van der Waals surface area contributed by atoms with Crippen LogP contribution in [0, 0.1) is 12.3 Å². The quantitative estimate of drug-likeness (QED) is 0.451. The number of para-hydroxylation sites is 1. The van der Waals surface area contributed by atoms with E-state index in [2.05, 4.69) is 10.6 Å². The lowest BCUT2D eigenvalue weighted by Crippen LogP contribution is -2.26. The minimum Gasteiger partial charge on any atom is -0.398 e. The van der Waals surface area contributed by atoms with E-state index in [1.807, 2.05) is 0 Å². The normalized spacial score (nSPS) is 10.9. The van der Waals surface area contributed by atoms with Gasteiger partial charge in [-0.2, -0.15) is 0 Å². The second-order valence-corrected chi connectivity index (χ2v) is 5.11. The molecule has 1 aromatic carbocycles. The molecule has 0 radical (unpaired) electrons. The summed E-state index contributed by atoms with van der Waals surface area (Å²) in [4.78, 5) is 0. The van der Waals surface area contributed by atoms with Gasteiger partial charge in [0, 0.05) is 18.7 Å². The number of anilines is 1. The minimum atomic E-state index is -3.35. The molecule has 0 aliphatic carbocycles. The molecule has 0 heterocycles. The highest BCUT2D eigenvalue weighted by atomic mass is 32.2. The van der Waals surface area contributed by atoms with E-state index < -0.39 is 10.0 Å². The smallest absolute Gasteiger partial charge is 0.215 e. The van der Waals surface area contributed by atoms with E-state index in [9.17, 15) is 8.42 Å². The summed E-state index contributed by atoms with van der Waals surface area (Å²) in [6, 6.07) is 6.88. The first kappa shape index (κ1) is 12.6. The van der Waals surface area contributed by atoms with Gasteiger partial charge in [-0.05, 0) is 11.6 Å². The van der Waals surface area contributed by atoms with Crippen LogP contribution < -0.4 is 10.5 Å². The number of nitrogens with two attached hydrogens (primary N) is 1. The molecular formula is C11H14N2O2S. The van der Waals surface area contributed by atoms with Crippen molar-refractivity contribution in [2.45, 2.75) is 12.2 Å². The van der Waals surface area contributed by atoms with Gasteiger partial charge in [0.1, 0.15) is 0 Å². The highest BCUT2D eigenvalue weighted by Crippen LogP contribution is 2.13. The first-order valence-electron chi connectivity index (χ1n) is 4.79. The van der Waals surface area contributed by atoms with Crippen molar-refractivity contribution < 1.29 is 8.42 Å². The second kappa shape index (κ2) is 5.54. The Morgan fingerprint density at radius 2 is 2.06 bits per heavy atom. The van der Waals surface area contributed by atoms with Crippen LogP contribution in [-0.2, 0) is 15.8 Å². The summed E-state index contributed by atoms with van der Waals surface area (Å²) < 4.78 is 25.6. The lowest BCUT2D eigenvalue weighted by molar-refractivity contribution is 0.581. The monoisotopic (exact) mass is 238 g/mol. The maximum Gasteiger partial charge on any atom is 0.215 e. The van der Waals surface area contributed by atoms with E-state index in [4.69, 9.17) is 12.2 Å². The number of hydrogen-bond donors (Lipinski definition) is 2. The Morgan fingerprint density at radius 3 is 2.69 bits per heavy atom. The van der Waals surface area contributed by atoms with E-state index in [1.165, 1.54) is 0 Å². The first-order chi connectivity index (χ1) is 7.55. The summed E-state index contributed by atoms with van der Waals surface area (Å²) in [6.07, 6.45) is 5.41. The van der Waals surface area contributed by atoms with E-state index in [0.29, 0.717) is 17.7 Å². The molecule has 0 amide bonds. The second-order valence-electron chi connectivity index (χ2n) is 3.31. The SMILES string of the molecule is C#CCCNS(=O)(=O)Cc1ccccc1N. The molecule has 0 aliphatic heterocycles. The molecule has 0 bridgehead atoms. The highest BCUT2D eigenvalue weighted by Gasteiger charge is 2.11. The summed E-state index contributed by atoms with van der Waals surface area (Å²) in [5.74, 6) is 2.24. The van der Waals surface area contributed by atoms with Crippen molar-refractivity contribution in [3.8, 4) is 12.3 Å². The summed E-state index contributed by atoms with van der Waals surface area (Å²) in [6.45, 7) is 0.256. The van der Waals surface area contributed by atoms with Gasteiger partial charge in [0.25, 0.3) is 0 Å². The Balaban J connectivity index is 2.67. The maximum absolute atomic E-state index is 11.6. The number of rotatable bonds is 5. The van der Waals surface area contributed by atoms with Crippen LogP contribution in [0.5, 0.6) is 0 Å². The first-order valence-corrected chi connectivity index (χ1v) is 6.44. The third kappa shape index (κ3) is 3.93. The van der Waals surface area contributed by atoms with Gasteiger partial charge in [-0.25, -0.2) is 13.1 Å². The molecule has 16 heavy (non-hydrogen) atoms. The van der Waals surface area contributed by atoms with Crippen molar-refractivity contribution >= 4 is 15.7 Å². The number of terminal acetylenes is 1. The average Bonchev–Trinajstić information content (AvgIpc) is 2.21. The largest absolute Gasteiger partial charge is 0.398 e. The Kier molecular flexibility index (Phi) is 4.35. The number of benzene rings is 1. The van der Waals surface area contributed by atoms with Gasteiger partial charge in [0.05, 0.1) is 5.75 Å². The molecule has 5 heteroatoms. The molecule has 0 fully saturated rings. The number of hydrogen-bond acceptors (Lipinski definition) is 3. The molecule has 4 nitrogen and oxygen atoms in total. The van der Waals surface area contributed by atoms with Gasteiger partial charge in [-0.1, -0.05) is 18.2 Å². The molecule has 0 atom stereocenters. The Hall–Kier alpha value is -1.51. The predicted octanol–water partition coefficient (Wildman–Crippen LogP) is 0.712. The fraction of sp³-hybridized carbons (Fsp3) is 0.273. The zero-order valence-electron chi connectivity index (χ0n) is 8.81. The zero-order valence-corrected chi connectivity index (χ0v) is 9.63.